The Bertz CT molecular complexity index is 1300. The van der Waals surface area contributed by atoms with E-state index in [1.165, 1.54) is 25.3 Å². The molecule has 36 heavy (non-hydrogen) atoms. The Balaban J connectivity index is 1.50. The van der Waals surface area contributed by atoms with Gasteiger partial charge in [-0.25, -0.2) is 0 Å². The lowest BCUT2D eigenvalue weighted by atomic mass is 10.1. The highest BCUT2D eigenvalue weighted by atomic mass is 19.4. The lowest BCUT2D eigenvalue weighted by Gasteiger charge is -2.32. The summed E-state index contributed by atoms with van der Waals surface area (Å²) in [5.74, 6) is -1.65. The fraction of sp³-hybridized carbons (Fsp3) is 0.400. The first-order valence-corrected chi connectivity index (χ1v) is 11.5. The van der Waals surface area contributed by atoms with E-state index in [1.807, 2.05) is 4.90 Å². The van der Waals surface area contributed by atoms with E-state index < -0.39 is 23.1 Å². The molecule has 192 valence electrons. The average Bonchev–Trinajstić information content (AvgIpc) is 2.88. The second kappa shape index (κ2) is 10.00. The van der Waals surface area contributed by atoms with Gasteiger partial charge < -0.3 is 23.4 Å². The number of hydrogen-bond acceptors (Lipinski definition) is 8. The fourth-order valence-corrected chi connectivity index (χ4v) is 4.31. The van der Waals surface area contributed by atoms with E-state index in [2.05, 4.69) is 4.90 Å². The molecule has 0 unspecified atom stereocenters. The molecule has 0 radical (unpaired) electrons. The number of morpholine rings is 1. The lowest BCUT2D eigenvalue weighted by molar-refractivity contribution is -0.154. The number of nitrogens with zero attached hydrogens (tertiary/aromatic N) is 2. The van der Waals surface area contributed by atoms with Crippen molar-refractivity contribution in [3.8, 4) is 23.0 Å². The van der Waals surface area contributed by atoms with Crippen LogP contribution in [0.5, 0.6) is 23.0 Å². The lowest BCUT2D eigenvalue weighted by Crippen LogP contribution is -2.43. The van der Waals surface area contributed by atoms with Gasteiger partial charge in [0.1, 0.15) is 29.6 Å². The summed E-state index contributed by atoms with van der Waals surface area (Å²) >= 11 is 0. The molecular formula is C25H25F3N2O6. The summed E-state index contributed by atoms with van der Waals surface area (Å²) in [6, 6.07) is 8.95. The molecule has 3 heterocycles. The first-order valence-electron chi connectivity index (χ1n) is 11.5. The molecule has 0 atom stereocenters. The second-order valence-corrected chi connectivity index (χ2v) is 8.57. The van der Waals surface area contributed by atoms with Crippen LogP contribution in [0, 0.1) is 0 Å². The van der Waals surface area contributed by atoms with Gasteiger partial charge in [0, 0.05) is 38.8 Å². The third-order valence-electron chi connectivity index (χ3n) is 6.22. The maximum atomic E-state index is 14.0. The first kappa shape index (κ1) is 24.4. The molecule has 5 rings (SSSR count). The van der Waals surface area contributed by atoms with Crippen LogP contribution < -0.4 is 19.6 Å². The van der Waals surface area contributed by atoms with Crippen LogP contribution in [-0.2, 0) is 17.5 Å². The Morgan fingerprint density at radius 3 is 2.53 bits per heavy atom. The van der Waals surface area contributed by atoms with Gasteiger partial charge in [-0.05, 0) is 24.3 Å². The van der Waals surface area contributed by atoms with Gasteiger partial charge in [0.15, 0.2) is 0 Å². The molecule has 11 heteroatoms. The molecule has 2 aromatic carbocycles. The zero-order valence-corrected chi connectivity index (χ0v) is 19.6. The average molecular weight is 506 g/mol. The van der Waals surface area contributed by atoms with Gasteiger partial charge in [0.05, 0.1) is 31.3 Å². The largest absolute Gasteiger partial charge is 0.497 e. The Morgan fingerprint density at radius 2 is 1.78 bits per heavy atom. The van der Waals surface area contributed by atoms with Crippen LogP contribution in [0.3, 0.4) is 0 Å². The van der Waals surface area contributed by atoms with Gasteiger partial charge in [0.25, 0.3) is 5.76 Å². The topological polar surface area (TPSA) is 73.6 Å². The van der Waals surface area contributed by atoms with Gasteiger partial charge in [-0.1, -0.05) is 6.07 Å². The SMILES string of the molecule is COc1cccc(Oc2c(C(F)(F)F)oc3c4c(ccc3c2=O)OCN(CCN2CCOCC2)C4)c1. The van der Waals surface area contributed by atoms with Crippen molar-refractivity contribution in [3.05, 3.63) is 57.9 Å². The Labute approximate surface area is 204 Å². The van der Waals surface area contributed by atoms with Gasteiger partial charge in [-0.15, -0.1) is 0 Å². The molecule has 3 aromatic rings. The van der Waals surface area contributed by atoms with Crippen LogP contribution in [0.2, 0.25) is 0 Å². The van der Waals surface area contributed by atoms with Crippen LogP contribution in [0.4, 0.5) is 13.2 Å². The maximum Gasteiger partial charge on any atom is 0.453 e. The Hall–Kier alpha value is -3.28. The first-order chi connectivity index (χ1) is 17.3. The number of methoxy groups -OCH3 is 1. The molecule has 2 aliphatic heterocycles. The number of rotatable bonds is 6. The van der Waals surface area contributed by atoms with Crippen LogP contribution in [0.15, 0.2) is 45.6 Å². The fourth-order valence-electron chi connectivity index (χ4n) is 4.31. The molecule has 1 fully saturated rings. The van der Waals surface area contributed by atoms with Crippen molar-refractivity contribution in [2.75, 3.05) is 53.2 Å². The molecule has 1 saturated heterocycles. The zero-order valence-electron chi connectivity index (χ0n) is 19.6. The number of halogens is 3. The smallest absolute Gasteiger partial charge is 0.453 e. The highest BCUT2D eigenvalue weighted by molar-refractivity contribution is 5.83. The predicted octanol–water partition coefficient (Wildman–Crippen LogP) is 4.10. The predicted molar refractivity (Wildman–Crippen MR) is 124 cm³/mol. The van der Waals surface area contributed by atoms with E-state index in [1.54, 1.807) is 18.2 Å². The summed E-state index contributed by atoms with van der Waals surface area (Å²) < 4.78 is 69.2. The maximum absolute atomic E-state index is 14.0. The van der Waals surface area contributed by atoms with Crippen molar-refractivity contribution in [1.29, 1.82) is 0 Å². The summed E-state index contributed by atoms with van der Waals surface area (Å²) in [5.41, 5.74) is -0.671. The van der Waals surface area contributed by atoms with Crippen LogP contribution >= 0.6 is 0 Å². The molecule has 8 nitrogen and oxygen atoms in total. The molecule has 1 aromatic heterocycles. The van der Waals surface area contributed by atoms with E-state index in [9.17, 15) is 18.0 Å². The molecule has 0 N–H and O–H groups in total. The number of hydrogen-bond donors (Lipinski definition) is 0. The van der Waals surface area contributed by atoms with Gasteiger partial charge in [-0.2, -0.15) is 13.2 Å². The molecule has 0 aliphatic carbocycles. The van der Waals surface area contributed by atoms with Crippen molar-refractivity contribution < 1.29 is 36.5 Å². The van der Waals surface area contributed by atoms with Crippen molar-refractivity contribution in [2.24, 2.45) is 0 Å². The van der Waals surface area contributed by atoms with Crippen molar-refractivity contribution >= 4 is 11.0 Å². The van der Waals surface area contributed by atoms with Crippen molar-refractivity contribution in [2.45, 2.75) is 12.7 Å². The third-order valence-corrected chi connectivity index (χ3v) is 6.22. The summed E-state index contributed by atoms with van der Waals surface area (Å²) in [6.45, 7) is 4.99. The van der Waals surface area contributed by atoms with Crippen molar-refractivity contribution in [1.82, 2.24) is 9.80 Å². The summed E-state index contributed by atoms with van der Waals surface area (Å²) in [6.07, 6.45) is -4.96. The number of fused-ring (bicyclic) bond motifs is 3. The standard InChI is InChI=1S/C25H25F3N2O6/c1-32-16-3-2-4-17(13-16)35-23-21(31)18-5-6-20-19(22(18)36-24(23)25(26,27)28)14-30(15-34-20)8-7-29-9-11-33-12-10-29/h2-6,13H,7-12,14-15H2,1H3. The minimum Gasteiger partial charge on any atom is -0.497 e. The van der Waals surface area contributed by atoms with E-state index in [0.717, 1.165) is 19.6 Å². The Kier molecular flexibility index (Phi) is 6.78. The van der Waals surface area contributed by atoms with E-state index in [4.69, 9.17) is 23.4 Å². The molecule has 0 spiro atoms. The minimum atomic E-state index is -4.96. The highest BCUT2D eigenvalue weighted by Crippen LogP contribution is 2.41. The van der Waals surface area contributed by atoms with E-state index in [-0.39, 0.29) is 30.0 Å². The van der Waals surface area contributed by atoms with Gasteiger partial charge >= 0.3 is 6.18 Å². The van der Waals surface area contributed by atoms with Gasteiger partial charge in [-0.3, -0.25) is 14.6 Å². The monoisotopic (exact) mass is 506 g/mol. The number of alkyl halides is 3. The van der Waals surface area contributed by atoms with Crippen LogP contribution in [0.25, 0.3) is 11.0 Å². The molecule has 0 saturated carbocycles. The number of benzene rings is 2. The van der Waals surface area contributed by atoms with Crippen LogP contribution in [-0.4, -0.2) is 63.0 Å². The van der Waals surface area contributed by atoms with E-state index >= 15 is 0 Å². The molecular weight excluding hydrogens is 481 g/mol. The second-order valence-electron chi connectivity index (χ2n) is 8.57. The summed E-state index contributed by atoms with van der Waals surface area (Å²) in [4.78, 5) is 17.5. The minimum absolute atomic E-state index is 0.0155. The summed E-state index contributed by atoms with van der Waals surface area (Å²) in [7, 11) is 1.42. The molecule has 2 aliphatic rings. The Morgan fingerprint density at radius 1 is 1.03 bits per heavy atom. The number of ether oxygens (including phenoxy) is 4. The van der Waals surface area contributed by atoms with Gasteiger partial charge in [0.2, 0.25) is 11.2 Å². The molecule has 0 amide bonds. The van der Waals surface area contributed by atoms with Crippen molar-refractivity contribution in [3.63, 3.8) is 0 Å². The summed E-state index contributed by atoms with van der Waals surface area (Å²) in [5, 5.41) is -0.0155. The highest BCUT2D eigenvalue weighted by Gasteiger charge is 2.41. The zero-order chi connectivity index (χ0) is 25.3. The quantitative estimate of drug-likeness (QED) is 0.495. The third kappa shape index (κ3) is 4.99. The van der Waals surface area contributed by atoms with E-state index in [0.29, 0.717) is 36.8 Å². The van der Waals surface area contributed by atoms with Crippen LogP contribution in [0.1, 0.15) is 11.3 Å². The molecule has 0 bridgehead atoms. The normalized spacial score (nSPS) is 17.0.